The van der Waals surface area contributed by atoms with Gasteiger partial charge in [0.1, 0.15) is 0 Å². The fourth-order valence-corrected chi connectivity index (χ4v) is 0.477. The molecule has 0 aromatic carbocycles. The molecule has 1 heterocycles. The van der Waals surface area contributed by atoms with Gasteiger partial charge in [-0.05, 0) is 6.92 Å². The molecule has 0 bridgehead atoms. The third-order valence-corrected chi connectivity index (χ3v) is 1.00. The Morgan fingerprint density at radius 2 is 1.92 bits per heavy atom. The third kappa shape index (κ3) is 3.23. The zero-order chi connectivity index (χ0) is 9.56. The topological polar surface area (TPSA) is 124 Å². The van der Waals surface area contributed by atoms with Crippen molar-refractivity contribution in [3.63, 3.8) is 0 Å². The van der Waals surface area contributed by atoms with Crippen molar-refractivity contribution in [2.75, 3.05) is 0 Å². The highest BCUT2D eigenvalue weighted by Gasteiger charge is 1.88. The van der Waals surface area contributed by atoms with Crippen LogP contribution in [0.3, 0.4) is 0 Å². The largest absolute Gasteiger partial charge is 0.373 e. The molecule has 0 saturated carbocycles. The average molecular weight is 168 g/mol. The number of nitrogens with one attached hydrogen (secondary N) is 2. The minimum atomic E-state index is -0.467. The van der Waals surface area contributed by atoms with E-state index < -0.39 is 5.69 Å². The molecule has 0 saturated heterocycles. The van der Waals surface area contributed by atoms with Crippen LogP contribution in [0, 0.1) is 6.92 Å². The molecule has 0 fully saturated rings. The van der Waals surface area contributed by atoms with Gasteiger partial charge in [0.25, 0.3) is 5.56 Å². The molecular formula is C5H6N5O2-. The van der Waals surface area contributed by atoms with Crippen LogP contribution in [0.15, 0.2) is 15.8 Å². The first-order valence-electron chi connectivity index (χ1n) is 2.89. The second-order valence-corrected chi connectivity index (χ2v) is 1.84. The zero-order valence-electron chi connectivity index (χ0n) is 6.24. The van der Waals surface area contributed by atoms with Crippen LogP contribution in [0.1, 0.15) is 5.56 Å². The molecule has 7 heteroatoms. The summed E-state index contributed by atoms with van der Waals surface area (Å²) in [6.07, 6.45) is 1.38. The highest BCUT2D eigenvalue weighted by atomic mass is 16.2. The molecule has 0 amide bonds. The summed E-state index contributed by atoms with van der Waals surface area (Å²) in [6, 6.07) is 0. The molecule has 0 atom stereocenters. The van der Waals surface area contributed by atoms with Crippen molar-refractivity contribution in [2.45, 2.75) is 6.92 Å². The minimum Gasteiger partial charge on any atom is -0.373 e. The smallest absolute Gasteiger partial charge is 0.325 e. The molecule has 0 aliphatic carbocycles. The fraction of sp³-hybridized carbons (Fsp3) is 0.200. The van der Waals surface area contributed by atoms with E-state index in [0.717, 1.165) is 0 Å². The number of hydrogen-bond donors (Lipinski definition) is 2. The van der Waals surface area contributed by atoms with Crippen LogP contribution >= 0.6 is 0 Å². The van der Waals surface area contributed by atoms with Gasteiger partial charge in [-0.1, -0.05) is 0 Å². The lowest BCUT2D eigenvalue weighted by atomic mass is 10.4. The Balaban J connectivity index is 0.000000354. The summed E-state index contributed by atoms with van der Waals surface area (Å²) in [4.78, 5) is 26.8. The van der Waals surface area contributed by atoms with Gasteiger partial charge >= 0.3 is 5.69 Å². The van der Waals surface area contributed by atoms with Crippen LogP contribution in [-0.2, 0) is 0 Å². The number of H-pyrrole nitrogens is 2. The molecule has 0 unspecified atom stereocenters. The van der Waals surface area contributed by atoms with E-state index in [2.05, 4.69) is 9.97 Å². The standard InChI is InChI=1S/C5H6N2O2.N3/c1-3-2-6-5(9)7-4(3)8;1-3-2/h2H,1H3,(H2,6,7,8,9);/q;-1. The average Bonchev–Trinajstić information content (AvgIpc) is 1.99. The second-order valence-electron chi connectivity index (χ2n) is 1.84. The zero-order valence-corrected chi connectivity index (χ0v) is 6.24. The minimum absolute atomic E-state index is 0.334. The summed E-state index contributed by atoms with van der Waals surface area (Å²) >= 11 is 0. The second kappa shape index (κ2) is 4.75. The maximum atomic E-state index is 10.6. The van der Waals surface area contributed by atoms with Gasteiger partial charge in [0.15, 0.2) is 0 Å². The molecule has 1 rings (SSSR count). The monoisotopic (exact) mass is 168 g/mol. The Morgan fingerprint density at radius 3 is 2.25 bits per heavy atom. The van der Waals surface area contributed by atoms with E-state index >= 15 is 0 Å². The van der Waals surface area contributed by atoms with Crippen LogP contribution in [0.25, 0.3) is 16.0 Å². The van der Waals surface area contributed by atoms with E-state index in [1.165, 1.54) is 11.1 Å². The molecule has 64 valence electrons. The van der Waals surface area contributed by atoms with Crippen LogP contribution in [0.5, 0.6) is 0 Å². The molecule has 0 radical (unpaired) electrons. The lowest BCUT2D eigenvalue weighted by Crippen LogP contribution is -2.22. The summed E-state index contributed by atoms with van der Waals surface area (Å²) < 4.78 is 0. The van der Waals surface area contributed by atoms with Crippen molar-refractivity contribution < 1.29 is 0 Å². The first kappa shape index (κ1) is 9.99. The summed E-state index contributed by atoms with van der Waals surface area (Å²) in [5.74, 6) is 0. The summed E-state index contributed by atoms with van der Waals surface area (Å²) in [6.45, 7) is 1.62. The van der Waals surface area contributed by atoms with Gasteiger partial charge in [-0.15, -0.1) is 0 Å². The van der Waals surface area contributed by atoms with Crippen molar-refractivity contribution >= 4 is 0 Å². The van der Waals surface area contributed by atoms with Crippen molar-refractivity contribution in [1.29, 1.82) is 0 Å². The number of aromatic amines is 2. The van der Waals surface area contributed by atoms with Crippen LogP contribution in [0.4, 0.5) is 0 Å². The van der Waals surface area contributed by atoms with E-state index in [1.54, 1.807) is 6.92 Å². The van der Waals surface area contributed by atoms with Gasteiger partial charge in [0.05, 0.1) is 0 Å². The third-order valence-electron chi connectivity index (χ3n) is 1.00. The highest BCUT2D eigenvalue weighted by Crippen LogP contribution is 1.73. The Hall–Kier alpha value is -2.01. The van der Waals surface area contributed by atoms with E-state index in [9.17, 15) is 9.59 Å². The maximum absolute atomic E-state index is 10.6. The van der Waals surface area contributed by atoms with Crippen molar-refractivity contribution in [3.8, 4) is 0 Å². The predicted octanol–water partition coefficient (Wildman–Crippen LogP) is 0.238. The molecule has 0 spiro atoms. The van der Waals surface area contributed by atoms with Crippen LogP contribution < -0.4 is 11.2 Å². The number of hydrogen-bond acceptors (Lipinski definition) is 2. The Kier molecular flexibility index (Phi) is 3.96. The number of nitrogens with zero attached hydrogens (tertiary/aromatic N) is 3. The summed E-state index contributed by atoms with van der Waals surface area (Å²) in [7, 11) is 0. The Bertz CT molecular complexity index is 383. The molecule has 0 aliphatic heterocycles. The lowest BCUT2D eigenvalue weighted by Gasteiger charge is -1.84. The van der Waals surface area contributed by atoms with E-state index in [1.807, 2.05) is 0 Å². The van der Waals surface area contributed by atoms with Gasteiger partial charge < -0.3 is 16.0 Å². The van der Waals surface area contributed by atoms with Crippen molar-refractivity contribution in [2.24, 2.45) is 0 Å². The molecular weight excluding hydrogens is 162 g/mol. The summed E-state index contributed by atoms with van der Waals surface area (Å²) in [5, 5.41) is 0. The van der Waals surface area contributed by atoms with E-state index in [4.69, 9.17) is 11.1 Å². The number of aromatic nitrogens is 2. The lowest BCUT2D eigenvalue weighted by molar-refractivity contribution is 1.01. The maximum Gasteiger partial charge on any atom is 0.325 e. The first-order valence-corrected chi connectivity index (χ1v) is 2.89. The predicted molar refractivity (Wildman–Crippen MR) is 42.5 cm³/mol. The summed E-state index contributed by atoms with van der Waals surface area (Å²) in [5.41, 5.74) is 13.2. The van der Waals surface area contributed by atoms with Crippen LogP contribution in [0.2, 0.25) is 0 Å². The van der Waals surface area contributed by atoms with E-state index in [0.29, 0.717) is 5.56 Å². The molecule has 12 heavy (non-hydrogen) atoms. The molecule has 0 aliphatic rings. The molecule has 2 N–H and O–H groups in total. The van der Waals surface area contributed by atoms with Gasteiger partial charge in [-0.3, -0.25) is 14.7 Å². The first-order chi connectivity index (χ1) is 5.61. The normalized spacial score (nSPS) is 7.75. The van der Waals surface area contributed by atoms with Gasteiger partial charge in [0, 0.05) is 11.8 Å². The number of aryl methyl sites for hydroxylation is 1. The van der Waals surface area contributed by atoms with Crippen LogP contribution in [-0.4, -0.2) is 9.97 Å². The van der Waals surface area contributed by atoms with Crippen molar-refractivity contribution in [1.82, 2.24) is 9.97 Å². The Morgan fingerprint density at radius 1 is 1.42 bits per heavy atom. The fourth-order valence-electron chi connectivity index (χ4n) is 0.477. The van der Waals surface area contributed by atoms with Gasteiger partial charge in [0.2, 0.25) is 0 Å². The van der Waals surface area contributed by atoms with E-state index in [-0.39, 0.29) is 5.56 Å². The SMILES string of the molecule is Cc1c[nH]c(=O)[nH]c1=O.[N-]=[N+]=[N-]. The quantitative estimate of drug-likeness (QED) is 0.327. The molecule has 7 nitrogen and oxygen atoms in total. The number of rotatable bonds is 0. The van der Waals surface area contributed by atoms with Gasteiger partial charge in [-0.2, -0.15) is 0 Å². The Labute approximate surface area is 66.5 Å². The van der Waals surface area contributed by atoms with Gasteiger partial charge in [-0.25, -0.2) is 4.79 Å². The van der Waals surface area contributed by atoms with Crippen molar-refractivity contribution in [3.05, 3.63) is 48.6 Å². The highest BCUT2D eigenvalue weighted by molar-refractivity contribution is 4.98. The molecule has 1 aromatic heterocycles. The molecule has 1 aromatic rings.